The van der Waals surface area contributed by atoms with Gasteiger partial charge in [0.05, 0.1) is 11.4 Å². The minimum atomic E-state index is -0.114. The molecule has 122 valence electrons. The highest BCUT2D eigenvalue weighted by atomic mass is 32.2. The number of carbonyl (C=O) groups is 1. The summed E-state index contributed by atoms with van der Waals surface area (Å²) in [5, 5.41) is 5.97. The van der Waals surface area contributed by atoms with Gasteiger partial charge in [0, 0.05) is 22.3 Å². The molecule has 3 rings (SSSR count). The Morgan fingerprint density at radius 2 is 1.83 bits per heavy atom. The van der Waals surface area contributed by atoms with Crippen molar-refractivity contribution in [2.75, 3.05) is 11.1 Å². The molecule has 0 aliphatic carbocycles. The van der Waals surface area contributed by atoms with Crippen molar-refractivity contribution in [1.29, 1.82) is 0 Å². The lowest BCUT2D eigenvalue weighted by Gasteiger charge is -2.03. The summed E-state index contributed by atoms with van der Waals surface area (Å²) in [4.78, 5) is 25.2. The van der Waals surface area contributed by atoms with Crippen molar-refractivity contribution in [3.05, 3.63) is 53.2 Å². The second-order valence-corrected chi connectivity index (χ2v) is 6.97. The maximum atomic E-state index is 12.1. The smallest absolute Gasteiger partial charge is 0.236 e. The summed E-state index contributed by atoms with van der Waals surface area (Å²) in [6.07, 6.45) is 0. The monoisotopic (exact) mass is 356 g/mol. The molecule has 0 atom stereocenters. The Kier molecular flexibility index (Phi) is 5.22. The number of amides is 1. The van der Waals surface area contributed by atoms with E-state index in [1.165, 1.54) is 23.1 Å². The van der Waals surface area contributed by atoms with Crippen molar-refractivity contribution in [2.45, 2.75) is 19.0 Å². The molecule has 5 nitrogen and oxygen atoms in total. The van der Waals surface area contributed by atoms with E-state index in [0.717, 1.165) is 22.6 Å². The standard InChI is InChI=1S/C17H16N4OS2/c1-11-8-12(2)19-16(18-11)24-10-15(22)21-17-20-14(9-23-17)13-6-4-3-5-7-13/h3-9H,10H2,1-2H3,(H,20,21,22). The predicted molar refractivity (Wildman–Crippen MR) is 98.4 cm³/mol. The van der Waals surface area contributed by atoms with Crippen LogP contribution in [0.1, 0.15) is 11.4 Å². The fraction of sp³-hybridized carbons (Fsp3) is 0.176. The maximum absolute atomic E-state index is 12.1. The number of benzene rings is 1. The first-order chi connectivity index (χ1) is 11.6. The molecule has 24 heavy (non-hydrogen) atoms. The zero-order valence-corrected chi connectivity index (χ0v) is 14.9. The van der Waals surface area contributed by atoms with E-state index in [9.17, 15) is 4.79 Å². The highest BCUT2D eigenvalue weighted by Crippen LogP contribution is 2.24. The van der Waals surface area contributed by atoms with Crippen LogP contribution in [0.5, 0.6) is 0 Å². The van der Waals surface area contributed by atoms with E-state index in [1.54, 1.807) is 0 Å². The van der Waals surface area contributed by atoms with E-state index in [4.69, 9.17) is 0 Å². The van der Waals surface area contributed by atoms with Crippen molar-refractivity contribution in [3.8, 4) is 11.3 Å². The van der Waals surface area contributed by atoms with Crippen molar-refractivity contribution in [2.24, 2.45) is 0 Å². The zero-order chi connectivity index (χ0) is 16.9. The van der Waals surface area contributed by atoms with Gasteiger partial charge in [-0.2, -0.15) is 0 Å². The van der Waals surface area contributed by atoms with Gasteiger partial charge >= 0.3 is 0 Å². The van der Waals surface area contributed by atoms with E-state index in [1.807, 2.05) is 55.6 Å². The molecule has 2 heterocycles. The number of aromatic nitrogens is 3. The van der Waals surface area contributed by atoms with Crippen LogP contribution in [-0.2, 0) is 4.79 Å². The molecule has 1 N–H and O–H groups in total. The average Bonchev–Trinajstić information content (AvgIpc) is 3.01. The summed E-state index contributed by atoms with van der Waals surface area (Å²) in [5.41, 5.74) is 3.70. The van der Waals surface area contributed by atoms with Crippen LogP contribution in [0, 0.1) is 13.8 Å². The van der Waals surface area contributed by atoms with E-state index in [0.29, 0.717) is 10.3 Å². The summed E-state index contributed by atoms with van der Waals surface area (Å²) < 4.78 is 0. The van der Waals surface area contributed by atoms with E-state index in [-0.39, 0.29) is 11.7 Å². The van der Waals surface area contributed by atoms with Crippen molar-refractivity contribution in [1.82, 2.24) is 15.0 Å². The highest BCUT2D eigenvalue weighted by molar-refractivity contribution is 7.99. The first kappa shape index (κ1) is 16.6. The number of hydrogen-bond acceptors (Lipinski definition) is 6. The number of thioether (sulfide) groups is 1. The van der Waals surface area contributed by atoms with Gasteiger partial charge in [-0.05, 0) is 19.9 Å². The molecule has 2 aromatic heterocycles. The fourth-order valence-corrected chi connectivity index (χ4v) is 3.60. The SMILES string of the molecule is Cc1cc(C)nc(SCC(=O)Nc2nc(-c3ccccc3)cs2)n1. The third kappa shape index (κ3) is 4.39. The van der Waals surface area contributed by atoms with Gasteiger partial charge in [0.15, 0.2) is 10.3 Å². The Morgan fingerprint density at radius 1 is 1.12 bits per heavy atom. The van der Waals surface area contributed by atoms with Gasteiger partial charge in [0.1, 0.15) is 0 Å². The fourth-order valence-electron chi connectivity index (χ4n) is 2.12. The number of anilines is 1. The van der Waals surface area contributed by atoms with Crippen LogP contribution >= 0.6 is 23.1 Å². The molecule has 0 saturated carbocycles. The number of nitrogens with zero attached hydrogens (tertiary/aromatic N) is 3. The molecule has 0 radical (unpaired) electrons. The Hall–Kier alpha value is -2.25. The molecule has 3 aromatic rings. The van der Waals surface area contributed by atoms with Crippen LogP contribution in [0.4, 0.5) is 5.13 Å². The lowest BCUT2D eigenvalue weighted by molar-refractivity contribution is -0.113. The Morgan fingerprint density at radius 3 is 2.54 bits per heavy atom. The molecule has 1 amide bonds. The summed E-state index contributed by atoms with van der Waals surface area (Å²) in [5.74, 6) is 0.139. The van der Waals surface area contributed by atoms with Gasteiger partial charge < -0.3 is 5.32 Å². The van der Waals surface area contributed by atoms with Crippen LogP contribution in [-0.4, -0.2) is 26.6 Å². The largest absolute Gasteiger partial charge is 0.301 e. The van der Waals surface area contributed by atoms with Crippen LogP contribution < -0.4 is 5.32 Å². The molecular formula is C17H16N4OS2. The Bertz CT molecular complexity index is 829. The third-order valence-corrected chi connectivity index (χ3v) is 4.72. The van der Waals surface area contributed by atoms with Gasteiger partial charge in [-0.25, -0.2) is 15.0 Å². The van der Waals surface area contributed by atoms with Crippen LogP contribution in [0.2, 0.25) is 0 Å². The normalized spacial score (nSPS) is 10.6. The van der Waals surface area contributed by atoms with Gasteiger partial charge in [-0.15, -0.1) is 11.3 Å². The third-order valence-electron chi connectivity index (χ3n) is 3.11. The number of aryl methyl sites for hydroxylation is 2. The number of hydrogen-bond donors (Lipinski definition) is 1. The molecule has 0 unspecified atom stereocenters. The molecule has 0 fully saturated rings. The van der Waals surface area contributed by atoms with Crippen molar-refractivity contribution >= 4 is 34.1 Å². The highest BCUT2D eigenvalue weighted by Gasteiger charge is 2.10. The Balaban J connectivity index is 1.58. The van der Waals surface area contributed by atoms with Crippen molar-refractivity contribution < 1.29 is 4.79 Å². The quantitative estimate of drug-likeness (QED) is 0.554. The van der Waals surface area contributed by atoms with Gasteiger partial charge in [-0.3, -0.25) is 4.79 Å². The van der Waals surface area contributed by atoms with Crippen LogP contribution in [0.15, 0.2) is 46.9 Å². The van der Waals surface area contributed by atoms with Gasteiger partial charge in [-0.1, -0.05) is 42.1 Å². The maximum Gasteiger partial charge on any atom is 0.236 e. The van der Waals surface area contributed by atoms with Crippen molar-refractivity contribution in [3.63, 3.8) is 0 Å². The molecule has 1 aromatic carbocycles. The van der Waals surface area contributed by atoms with E-state index < -0.39 is 0 Å². The number of thiazole rings is 1. The molecule has 7 heteroatoms. The molecule has 0 aliphatic heterocycles. The number of carbonyl (C=O) groups excluding carboxylic acids is 1. The van der Waals surface area contributed by atoms with Crippen LogP contribution in [0.25, 0.3) is 11.3 Å². The summed E-state index contributed by atoms with van der Waals surface area (Å²) in [6.45, 7) is 3.83. The lowest BCUT2D eigenvalue weighted by Crippen LogP contribution is -2.14. The second kappa shape index (κ2) is 7.55. The second-order valence-electron chi connectivity index (χ2n) is 5.17. The predicted octanol–water partition coefficient (Wildman–Crippen LogP) is 3.95. The van der Waals surface area contributed by atoms with Crippen LogP contribution in [0.3, 0.4) is 0 Å². The minimum absolute atomic E-state index is 0.114. The average molecular weight is 356 g/mol. The molecule has 0 bridgehead atoms. The molecular weight excluding hydrogens is 340 g/mol. The molecule has 0 saturated heterocycles. The van der Waals surface area contributed by atoms with Gasteiger partial charge in [0.2, 0.25) is 5.91 Å². The molecule has 0 aliphatic rings. The first-order valence-corrected chi connectivity index (χ1v) is 9.22. The first-order valence-electron chi connectivity index (χ1n) is 7.36. The molecule has 0 spiro atoms. The van der Waals surface area contributed by atoms with Gasteiger partial charge in [0.25, 0.3) is 0 Å². The minimum Gasteiger partial charge on any atom is -0.301 e. The summed E-state index contributed by atoms with van der Waals surface area (Å²) in [6, 6.07) is 11.8. The van der Waals surface area contributed by atoms with E-state index >= 15 is 0 Å². The lowest BCUT2D eigenvalue weighted by atomic mass is 10.2. The summed E-state index contributed by atoms with van der Waals surface area (Å²) in [7, 11) is 0. The Labute approximate surface area is 148 Å². The summed E-state index contributed by atoms with van der Waals surface area (Å²) >= 11 is 2.74. The number of nitrogens with one attached hydrogen (secondary N) is 1. The van der Waals surface area contributed by atoms with E-state index in [2.05, 4.69) is 20.3 Å². The number of rotatable bonds is 5. The topological polar surface area (TPSA) is 67.8 Å². The zero-order valence-electron chi connectivity index (χ0n) is 13.3.